The lowest BCUT2D eigenvalue weighted by Gasteiger charge is -2.14. The number of hydrogen-bond donors (Lipinski definition) is 0. The fraction of sp³-hybridized carbons (Fsp3) is 0.500. The van der Waals surface area contributed by atoms with Gasteiger partial charge < -0.3 is 9.47 Å². The van der Waals surface area contributed by atoms with Gasteiger partial charge in [-0.15, -0.1) is 0 Å². The van der Waals surface area contributed by atoms with Crippen LogP contribution < -0.4 is 4.74 Å². The molecule has 2 nitrogen and oxygen atoms in total. The predicted molar refractivity (Wildman–Crippen MR) is 55.9 cm³/mol. The largest absolute Gasteiger partial charge is 0.496 e. The fourth-order valence-corrected chi connectivity index (χ4v) is 1.97. The van der Waals surface area contributed by atoms with Crippen LogP contribution in [0, 0.1) is 20.8 Å². The predicted octanol–water partition coefficient (Wildman–Crippen LogP) is 2.69. The number of rotatable bonds is 2. The lowest BCUT2D eigenvalue weighted by Crippen LogP contribution is -1.98. The van der Waals surface area contributed by atoms with Crippen molar-refractivity contribution in [3.63, 3.8) is 0 Å². The molecule has 0 amide bonds. The molecule has 0 saturated carbocycles. The molecule has 2 heteroatoms. The van der Waals surface area contributed by atoms with Crippen LogP contribution in [0.1, 0.15) is 28.4 Å². The van der Waals surface area contributed by atoms with Crippen LogP contribution in [0.3, 0.4) is 0 Å². The highest BCUT2D eigenvalue weighted by Crippen LogP contribution is 2.37. The van der Waals surface area contributed by atoms with Crippen LogP contribution in [0.25, 0.3) is 0 Å². The summed E-state index contributed by atoms with van der Waals surface area (Å²) >= 11 is 0. The average molecular weight is 192 g/mol. The van der Waals surface area contributed by atoms with Gasteiger partial charge in [0, 0.05) is 0 Å². The Morgan fingerprint density at radius 1 is 1.29 bits per heavy atom. The van der Waals surface area contributed by atoms with Crippen molar-refractivity contribution in [1.82, 2.24) is 0 Å². The first-order valence-electron chi connectivity index (χ1n) is 4.91. The third-order valence-electron chi connectivity index (χ3n) is 2.95. The molecule has 0 spiro atoms. The molecule has 1 aliphatic rings. The second kappa shape index (κ2) is 3.28. The van der Waals surface area contributed by atoms with Crippen molar-refractivity contribution >= 4 is 0 Å². The highest BCUT2D eigenvalue weighted by atomic mass is 16.6. The molecule has 0 N–H and O–H groups in total. The van der Waals surface area contributed by atoms with E-state index >= 15 is 0 Å². The number of methoxy groups -OCH3 is 1. The van der Waals surface area contributed by atoms with Crippen molar-refractivity contribution in [2.24, 2.45) is 0 Å². The van der Waals surface area contributed by atoms with Crippen LogP contribution in [-0.2, 0) is 4.74 Å². The van der Waals surface area contributed by atoms with Gasteiger partial charge in [0.2, 0.25) is 0 Å². The van der Waals surface area contributed by atoms with Crippen molar-refractivity contribution in [2.45, 2.75) is 26.9 Å². The van der Waals surface area contributed by atoms with Gasteiger partial charge in [-0.1, -0.05) is 0 Å². The molecule has 1 aromatic carbocycles. The Morgan fingerprint density at radius 2 is 1.93 bits per heavy atom. The minimum absolute atomic E-state index is 0.332. The summed E-state index contributed by atoms with van der Waals surface area (Å²) in [6.07, 6.45) is 0.332. The second-order valence-corrected chi connectivity index (χ2v) is 3.89. The van der Waals surface area contributed by atoms with Crippen LogP contribution in [0.15, 0.2) is 6.07 Å². The molecular formula is C12H16O2. The third kappa shape index (κ3) is 1.40. The molecule has 76 valence electrons. The van der Waals surface area contributed by atoms with Crippen LogP contribution >= 0.6 is 0 Å². The maximum absolute atomic E-state index is 5.37. The van der Waals surface area contributed by atoms with E-state index in [4.69, 9.17) is 9.47 Å². The van der Waals surface area contributed by atoms with Gasteiger partial charge in [-0.05, 0) is 49.1 Å². The Bertz CT molecular complexity index is 365. The topological polar surface area (TPSA) is 21.8 Å². The molecule has 1 saturated heterocycles. The zero-order chi connectivity index (χ0) is 10.3. The van der Waals surface area contributed by atoms with E-state index in [-0.39, 0.29) is 0 Å². The SMILES string of the molecule is COc1c(C)cc(C2CO2)c(C)c1C. The molecular weight excluding hydrogens is 176 g/mol. The summed E-state index contributed by atoms with van der Waals surface area (Å²) in [5.41, 5.74) is 5.05. The Morgan fingerprint density at radius 3 is 2.43 bits per heavy atom. The molecule has 1 atom stereocenters. The van der Waals surface area contributed by atoms with Gasteiger partial charge in [-0.2, -0.15) is 0 Å². The number of benzene rings is 1. The number of epoxide rings is 1. The third-order valence-corrected chi connectivity index (χ3v) is 2.95. The van der Waals surface area contributed by atoms with E-state index in [1.807, 2.05) is 0 Å². The minimum atomic E-state index is 0.332. The minimum Gasteiger partial charge on any atom is -0.496 e. The van der Waals surface area contributed by atoms with Gasteiger partial charge in [0.05, 0.1) is 13.7 Å². The Balaban J connectivity index is 2.55. The highest BCUT2D eigenvalue weighted by Gasteiger charge is 2.28. The first-order chi connectivity index (χ1) is 6.65. The molecule has 2 rings (SSSR count). The van der Waals surface area contributed by atoms with Crippen molar-refractivity contribution < 1.29 is 9.47 Å². The smallest absolute Gasteiger partial charge is 0.124 e. The molecule has 0 aromatic heterocycles. The number of ether oxygens (including phenoxy) is 2. The molecule has 0 radical (unpaired) electrons. The lowest BCUT2D eigenvalue weighted by molar-refractivity contribution is 0.403. The van der Waals surface area contributed by atoms with Crippen molar-refractivity contribution in [1.29, 1.82) is 0 Å². The van der Waals surface area contributed by atoms with E-state index in [2.05, 4.69) is 26.8 Å². The Kier molecular flexibility index (Phi) is 2.23. The van der Waals surface area contributed by atoms with Crippen molar-refractivity contribution in [2.75, 3.05) is 13.7 Å². The van der Waals surface area contributed by atoms with Crippen molar-refractivity contribution in [3.8, 4) is 5.75 Å². The summed E-state index contributed by atoms with van der Waals surface area (Å²) < 4.78 is 10.7. The molecule has 14 heavy (non-hydrogen) atoms. The fourth-order valence-electron chi connectivity index (χ4n) is 1.97. The van der Waals surface area contributed by atoms with Gasteiger partial charge in [0.1, 0.15) is 11.9 Å². The van der Waals surface area contributed by atoms with Crippen molar-refractivity contribution in [3.05, 3.63) is 28.3 Å². The van der Waals surface area contributed by atoms with Gasteiger partial charge >= 0.3 is 0 Å². The molecule has 1 aromatic rings. The highest BCUT2D eigenvalue weighted by molar-refractivity contribution is 5.50. The Labute approximate surface area is 84.8 Å². The summed E-state index contributed by atoms with van der Waals surface area (Å²) in [7, 11) is 1.72. The molecule has 1 fully saturated rings. The summed E-state index contributed by atoms with van der Waals surface area (Å²) in [4.78, 5) is 0. The quantitative estimate of drug-likeness (QED) is 0.672. The lowest BCUT2D eigenvalue weighted by atomic mass is 9.97. The Hall–Kier alpha value is -1.02. The normalized spacial score (nSPS) is 19.6. The van der Waals surface area contributed by atoms with Gasteiger partial charge in [0.15, 0.2) is 0 Å². The first kappa shape index (κ1) is 9.53. The average Bonchev–Trinajstić information content (AvgIpc) is 2.95. The van der Waals surface area contributed by atoms with Gasteiger partial charge in [0.25, 0.3) is 0 Å². The summed E-state index contributed by atoms with van der Waals surface area (Å²) in [5.74, 6) is 1.01. The summed E-state index contributed by atoms with van der Waals surface area (Å²) in [6, 6.07) is 2.18. The van der Waals surface area contributed by atoms with Crippen LogP contribution in [0.4, 0.5) is 0 Å². The number of hydrogen-bond acceptors (Lipinski definition) is 2. The summed E-state index contributed by atoms with van der Waals surface area (Å²) in [5, 5.41) is 0. The maximum atomic E-state index is 5.37. The zero-order valence-corrected chi connectivity index (χ0v) is 9.18. The standard InChI is InChI=1S/C12H16O2/c1-7-5-10(11-6-14-11)8(2)9(3)12(7)13-4/h5,11H,6H2,1-4H3. The van der Waals surface area contributed by atoms with Crippen LogP contribution in [0.2, 0.25) is 0 Å². The van der Waals surface area contributed by atoms with Crippen LogP contribution in [-0.4, -0.2) is 13.7 Å². The van der Waals surface area contributed by atoms with E-state index < -0.39 is 0 Å². The van der Waals surface area contributed by atoms with Gasteiger partial charge in [-0.25, -0.2) is 0 Å². The van der Waals surface area contributed by atoms with Gasteiger partial charge in [-0.3, -0.25) is 0 Å². The molecule has 0 aliphatic carbocycles. The second-order valence-electron chi connectivity index (χ2n) is 3.89. The summed E-state index contributed by atoms with van der Waals surface area (Å²) in [6.45, 7) is 7.19. The monoisotopic (exact) mass is 192 g/mol. The molecule has 1 heterocycles. The number of aryl methyl sites for hydroxylation is 1. The molecule has 1 unspecified atom stereocenters. The maximum Gasteiger partial charge on any atom is 0.124 e. The van der Waals surface area contributed by atoms with Crippen LogP contribution in [0.5, 0.6) is 5.75 Å². The zero-order valence-electron chi connectivity index (χ0n) is 9.18. The van der Waals surface area contributed by atoms with E-state index in [0.717, 1.165) is 12.4 Å². The van der Waals surface area contributed by atoms with E-state index in [1.165, 1.54) is 22.3 Å². The first-order valence-corrected chi connectivity index (χ1v) is 4.91. The van der Waals surface area contributed by atoms with E-state index in [1.54, 1.807) is 7.11 Å². The van der Waals surface area contributed by atoms with E-state index in [9.17, 15) is 0 Å². The molecule has 1 aliphatic heterocycles. The molecule has 0 bridgehead atoms. The van der Waals surface area contributed by atoms with E-state index in [0.29, 0.717) is 6.10 Å².